The number of aliphatic hydroxyl groups is 1. The van der Waals surface area contributed by atoms with Crippen LogP contribution in [0.3, 0.4) is 0 Å². The van der Waals surface area contributed by atoms with E-state index in [4.69, 9.17) is 0 Å². The second-order valence-corrected chi connectivity index (χ2v) is 7.33. The number of amides is 2. The molecule has 5 heteroatoms. The molecule has 0 radical (unpaired) electrons. The number of nitrogens with one attached hydrogen (secondary N) is 2. The van der Waals surface area contributed by atoms with Gasteiger partial charge in [-0.05, 0) is 44.9 Å². The number of carbonyl (C=O) groups excluding carboxylic acids is 1. The van der Waals surface area contributed by atoms with Crippen LogP contribution in [0.1, 0.15) is 45.5 Å². The number of benzene rings is 1. The summed E-state index contributed by atoms with van der Waals surface area (Å²) in [7, 11) is 0. The minimum absolute atomic E-state index is 0.0588. The van der Waals surface area contributed by atoms with E-state index in [9.17, 15) is 9.90 Å². The van der Waals surface area contributed by atoms with E-state index < -0.39 is 6.10 Å². The third-order valence-corrected chi connectivity index (χ3v) is 4.79. The number of aryl methyl sites for hydroxylation is 3. The van der Waals surface area contributed by atoms with Crippen LogP contribution in [0.25, 0.3) is 0 Å². The predicted molar refractivity (Wildman–Crippen MR) is 94.9 cm³/mol. The normalized spacial score (nSPS) is 13.4. The molecular weight excluding hydrogens is 308 g/mol. The molecule has 2 unspecified atom stereocenters. The molecule has 2 amide bonds. The van der Waals surface area contributed by atoms with Crippen LogP contribution >= 0.6 is 11.3 Å². The number of urea groups is 1. The Hall–Kier alpha value is -1.85. The van der Waals surface area contributed by atoms with E-state index in [1.807, 2.05) is 38.1 Å². The van der Waals surface area contributed by atoms with E-state index in [0.717, 1.165) is 16.7 Å². The van der Waals surface area contributed by atoms with E-state index in [1.54, 1.807) is 11.3 Å². The van der Waals surface area contributed by atoms with Crippen molar-refractivity contribution in [2.75, 3.05) is 6.54 Å². The van der Waals surface area contributed by atoms with Gasteiger partial charge >= 0.3 is 6.03 Å². The topological polar surface area (TPSA) is 61.4 Å². The Morgan fingerprint density at radius 1 is 1.22 bits per heavy atom. The molecule has 2 atom stereocenters. The molecule has 1 aromatic carbocycles. The molecule has 0 aliphatic rings. The molecular formula is C18H24N2O2S. The predicted octanol–water partition coefficient (Wildman–Crippen LogP) is 3.77. The number of hydrogen-bond acceptors (Lipinski definition) is 3. The first-order valence-electron chi connectivity index (χ1n) is 7.72. The van der Waals surface area contributed by atoms with Gasteiger partial charge in [0.2, 0.25) is 0 Å². The summed E-state index contributed by atoms with van der Waals surface area (Å²) in [4.78, 5) is 14.5. The molecule has 2 aromatic rings. The molecule has 0 aliphatic heterocycles. The number of hydrogen-bond donors (Lipinski definition) is 3. The summed E-state index contributed by atoms with van der Waals surface area (Å²) in [6.45, 7) is 8.27. The Morgan fingerprint density at radius 3 is 2.43 bits per heavy atom. The second-order valence-electron chi connectivity index (χ2n) is 5.87. The number of rotatable bonds is 5. The van der Waals surface area contributed by atoms with Gasteiger partial charge in [0.05, 0.1) is 12.1 Å². The Morgan fingerprint density at radius 2 is 1.87 bits per heavy atom. The van der Waals surface area contributed by atoms with Crippen LogP contribution in [0.15, 0.2) is 30.3 Å². The third kappa shape index (κ3) is 4.81. The SMILES string of the molecule is Cc1ccc(C(O)CNC(=O)NC(C)c2cc(C)sc2C)cc1. The van der Waals surface area contributed by atoms with Crippen molar-refractivity contribution in [2.45, 2.75) is 39.8 Å². The van der Waals surface area contributed by atoms with E-state index in [-0.39, 0.29) is 18.6 Å². The Bertz CT molecular complexity index is 664. The van der Waals surface area contributed by atoms with Gasteiger partial charge in [0.1, 0.15) is 0 Å². The van der Waals surface area contributed by atoms with Crippen molar-refractivity contribution in [3.05, 3.63) is 56.8 Å². The Labute approximate surface area is 141 Å². The molecule has 3 N–H and O–H groups in total. The minimum Gasteiger partial charge on any atom is -0.387 e. The van der Waals surface area contributed by atoms with Crippen molar-refractivity contribution in [3.63, 3.8) is 0 Å². The zero-order chi connectivity index (χ0) is 17.0. The van der Waals surface area contributed by atoms with Gasteiger partial charge in [-0.15, -0.1) is 11.3 Å². The van der Waals surface area contributed by atoms with Gasteiger partial charge in [-0.1, -0.05) is 29.8 Å². The second kappa shape index (κ2) is 7.62. The van der Waals surface area contributed by atoms with Crippen LogP contribution in [0.2, 0.25) is 0 Å². The molecule has 0 saturated carbocycles. The molecule has 124 valence electrons. The van der Waals surface area contributed by atoms with Crippen molar-refractivity contribution in [3.8, 4) is 0 Å². The molecule has 1 heterocycles. The van der Waals surface area contributed by atoms with Gasteiger partial charge in [-0.25, -0.2) is 4.79 Å². The van der Waals surface area contributed by atoms with Crippen molar-refractivity contribution < 1.29 is 9.90 Å². The first-order valence-corrected chi connectivity index (χ1v) is 8.54. The maximum absolute atomic E-state index is 12.0. The minimum atomic E-state index is -0.707. The lowest BCUT2D eigenvalue weighted by molar-refractivity contribution is 0.172. The first kappa shape index (κ1) is 17.5. The van der Waals surface area contributed by atoms with Crippen molar-refractivity contribution in [1.29, 1.82) is 0 Å². The summed E-state index contributed by atoms with van der Waals surface area (Å²) in [5.41, 5.74) is 3.08. The monoisotopic (exact) mass is 332 g/mol. The van der Waals surface area contributed by atoms with Crippen LogP contribution in [-0.4, -0.2) is 17.7 Å². The lowest BCUT2D eigenvalue weighted by Gasteiger charge is -2.17. The summed E-state index contributed by atoms with van der Waals surface area (Å²) in [5, 5.41) is 15.8. The quantitative estimate of drug-likeness (QED) is 0.780. The lowest BCUT2D eigenvalue weighted by atomic mass is 10.1. The van der Waals surface area contributed by atoms with Gasteiger partial charge in [-0.2, -0.15) is 0 Å². The van der Waals surface area contributed by atoms with Crippen molar-refractivity contribution >= 4 is 17.4 Å². The molecule has 0 fully saturated rings. The maximum Gasteiger partial charge on any atom is 0.315 e. The molecule has 2 rings (SSSR count). The summed E-state index contributed by atoms with van der Waals surface area (Å²) in [6, 6.07) is 9.42. The van der Waals surface area contributed by atoms with Gasteiger partial charge in [-0.3, -0.25) is 0 Å². The first-order chi connectivity index (χ1) is 10.9. The smallest absolute Gasteiger partial charge is 0.315 e. The number of aliphatic hydroxyl groups excluding tert-OH is 1. The van der Waals surface area contributed by atoms with Crippen LogP contribution in [-0.2, 0) is 0 Å². The highest BCUT2D eigenvalue weighted by Gasteiger charge is 2.15. The van der Waals surface area contributed by atoms with Crippen LogP contribution in [0.4, 0.5) is 4.79 Å². The van der Waals surface area contributed by atoms with Crippen LogP contribution in [0.5, 0.6) is 0 Å². The summed E-state index contributed by atoms with van der Waals surface area (Å²) < 4.78 is 0. The van der Waals surface area contributed by atoms with Crippen molar-refractivity contribution in [2.24, 2.45) is 0 Å². The van der Waals surface area contributed by atoms with Crippen LogP contribution in [0, 0.1) is 20.8 Å². The molecule has 1 aromatic heterocycles. The highest BCUT2D eigenvalue weighted by molar-refractivity contribution is 7.12. The number of thiophene rings is 1. The highest BCUT2D eigenvalue weighted by atomic mass is 32.1. The largest absolute Gasteiger partial charge is 0.387 e. The zero-order valence-electron chi connectivity index (χ0n) is 14.0. The van der Waals surface area contributed by atoms with Gasteiger partial charge in [0.15, 0.2) is 0 Å². The molecule has 0 spiro atoms. The fourth-order valence-electron chi connectivity index (χ4n) is 2.50. The van der Waals surface area contributed by atoms with Gasteiger partial charge < -0.3 is 15.7 Å². The summed E-state index contributed by atoms with van der Waals surface area (Å²) in [6.07, 6.45) is -0.707. The Balaban J connectivity index is 1.85. The van der Waals surface area contributed by atoms with E-state index in [1.165, 1.54) is 9.75 Å². The standard InChI is InChI=1S/C18H24N2O2S/c1-11-5-7-15(8-6-11)17(21)10-19-18(22)20-13(3)16-9-12(2)23-14(16)4/h5-9,13,17,21H,10H2,1-4H3,(H2,19,20,22). The molecule has 0 saturated heterocycles. The molecule has 23 heavy (non-hydrogen) atoms. The fourth-order valence-corrected chi connectivity index (χ4v) is 3.52. The van der Waals surface area contributed by atoms with Crippen molar-refractivity contribution in [1.82, 2.24) is 10.6 Å². The molecule has 0 bridgehead atoms. The highest BCUT2D eigenvalue weighted by Crippen LogP contribution is 2.26. The maximum atomic E-state index is 12.0. The van der Waals surface area contributed by atoms with Gasteiger partial charge in [0.25, 0.3) is 0 Å². The summed E-state index contributed by atoms with van der Waals surface area (Å²) in [5.74, 6) is 0. The lowest BCUT2D eigenvalue weighted by Crippen LogP contribution is -2.39. The van der Waals surface area contributed by atoms with Gasteiger partial charge in [0, 0.05) is 16.3 Å². The fraction of sp³-hybridized carbons (Fsp3) is 0.389. The van der Waals surface area contributed by atoms with Crippen LogP contribution < -0.4 is 10.6 Å². The zero-order valence-corrected chi connectivity index (χ0v) is 14.8. The third-order valence-electron chi connectivity index (χ3n) is 3.81. The summed E-state index contributed by atoms with van der Waals surface area (Å²) >= 11 is 1.73. The average molecular weight is 332 g/mol. The van der Waals surface area contributed by atoms with E-state index in [0.29, 0.717) is 0 Å². The number of carbonyl (C=O) groups is 1. The van der Waals surface area contributed by atoms with E-state index >= 15 is 0 Å². The Kier molecular flexibility index (Phi) is 5.80. The average Bonchev–Trinajstić information content (AvgIpc) is 2.84. The molecule has 0 aliphatic carbocycles. The molecule has 4 nitrogen and oxygen atoms in total. The van der Waals surface area contributed by atoms with E-state index in [2.05, 4.69) is 30.5 Å².